The second kappa shape index (κ2) is 7.27. The first-order valence-corrected chi connectivity index (χ1v) is 8.60. The summed E-state index contributed by atoms with van der Waals surface area (Å²) in [5, 5.41) is 5.59. The van der Waals surface area contributed by atoms with Crippen LogP contribution >= 0.6 is 12.4 Å². The van der Waals surface area contributed by atoms with E-state index in [9.17, 15) is 14.4 Å². The Morgan fingerprint density at radius 1 is 1.38 bits per heavy atom. The van der Waals surface area contributed by atoms with Crippen molar-refractivity contribution >= 4 is 30.3 Å². The molecule has 1 saturated heterocycles. The molecule has 0 bridgehead atoms. The van der Waals surface area contributed by atoms with E-state index >= 15 is 0 Å². The van der Waals surface area contributed by atoms with Gasteiger partial charge in [0.25, 0.3) is 5.91 Å². The highest BCUT2D eigenvalue weighted by atomic mass is 35.5. The zero-order chi connectivity index (χ0) is 16.6. The molecule has 8 heteroatoms. The minimum Gasteiger partial charge on any atom is -0.353 e. The number of urea groups is 1. The zero-order valence-electron chi connectivity index (χ0n) is 14.0. The van der Waals surface area contributed by atoms with Crippen molar-refractivity contribution in [1.82, 2.24) is 15.5 Å². The molecule has 1 spiro atoms. The summed E-state index contributed by atoms with van der Waals surface area (Å²) >= 11 is 0. The van der Waals surface area contributed by atoms with Gasteiger partial charge < -0.3 is 16.4 Å². The highest BCUT2D eigenvalue weighted by molar-refractivity contribution is 6.09. The molecular formula is C16H27ClN4O3. The van der Waals surface area contributed by atoms with E-state index in [0.717, 1.165) is 37.0 Å². The van der Waals surface area contributed by atoms with Gasteiger partial charge in [-0.15, -0.1) is 12.4 Å². The van der Waals surface area contributed by atoms with E-state index in [1.807, 2.05) is 6.92 Å². The molecule has 0 radical (unpaired) electrons. The average molecular weight is 359 g/mol. The van der Waals surface area contributed by atoms with Gasteiger partial charge in [0, 0.05) is 12.6 Å². The average Bonchev–Trinajstić information content (AvgIpc) is 3.33. The van der Waals surface area contributed by atoms with Gasteiger partial charge in [-0.05, 0) is 37.5 Å². The monoisotopic (exact) mass is 358 g/mol. The molecule has 2 saturated carbocycles. The van der Waals surface area contributed by atoms with Gasteiger partial charge in [-0.1, -0.05) is 19.8 Å². The molecule has 7 nitrogen and oxygen atoms in total. The van der Waals surface area contributed by atoms with E-state index in [-0.39, 0.29) is 42.7 Å². The summed E-state index contributed by atoms with van der Waals surface area (Å²) < 4.78 is 0. The summed E-state index contributed by atoms with van der Waals surface area (Å²) in [4.78, 5) is 38.0. The molecule has 3 rings (SSSR count). The summed E-state index contributed by atoms with van der Waals surface area (Å²) in [5.41, 5.74) is 5.14. The van der Waals surface area contributed by atoms with Gasteiger partial charge in [0.2, 0.25) is 5.91 Å². The molecule has 0 aromatic carbocycles. The van der Waals surface area contributed by atoms with E-state index in [1.54, 1.807) is 0 Å². The van der Waals surface area contributed by atoms with E-state index in [0.29, 0.717) is 18.9 Å². The number of halogens is 1. The van der Waals surface area contributed by atoms with Crippen molar-refractivity contribution in [2.45, 2.75) is 57.0 Å². The maximum atomic E-state index is 12.7. The lowest BCUT2D eigenvalue weighted by atomic mass is 9.73. The molecule has 0 aromatic heterocycles. The second-order valence-corrected chi connectivity index (χ2v) is 7.24. The summed E-state index contributed by atoms with van der Waals surface area (Å²) in [6.45, 7) is 2.17. The van der Waals surface area contributed by atoms with Crippen LogP contribution < -0.4 is 16.4 Å². The molecule has 24 heavy (non-hydrogen) atoms. The second-order valence-electron chi connectivity index (χ2n) is 7.24. The predicted octanol–water partition coefficient (Wildman–Crippen LogP) is 0.762. The van der Waals surface area contributed by atoms with Gasteiger partial charge in [-0.2, -0.15) is 0 Å². The number of amides is 4. The number of rotatable bonds is 5. The lowest BCUT2D eigenvalue weighted by Gasteiger charge is -2.36. The molecule has 3 unspecified atom stereocenters. The van der Waals surface area contributed by atoms with Crippen LogP contribution in [0.25, 0.3) is 0 Å². The van der Waals surface area contributed by atoms with Gasteiger partial charge in [-0.3, -0.25) is 14.5 Å². The Labute approximate surface area is 148 Å². The molecule has 136 valence electrons. The Morgan fingerprint density at radius 3 is 2.71 bits per heavy atom. The van der Waals surface area contributed by atoms with Crippen LogP contribution in [0.3, 0.4) is 0 Å². The number of nitrogens with zero attached hydrogens (tertiary/aromatic N) is 1. The van der Waals surface area contributed by atoms with E-state index < -0.39 is 11.6 Å². The first kappa shape index (κ1) is 19.0. The predicted molar refractivity (Wildman–Crippen MR) is 91.6 cm³/mol. The minimum atomic E-state index is -0.806. The molecule has 4 amide bonds. The molecule has 1 aliphatic heterocycles. The van der Waals surface area contributed by atoms with Crippen molar-refractivity contribution in [3.8, 4) is 0 Å². The van der Waals surface area contributed by atoms with Crippen LogP contribution in [-0.2, 0) is 9.59 Å². The molecule has 3 fully saturated rings. The van der Waals surface area contributed by atoms with Crippen molar-refractivity contribution in [1.29, 1.82) is 0 Å². The van der Waals surface area contributed by atoms with Crippen molar-refractivity contribution in [2.24, 2.45) is 17.6 Å². The SMILES string of the molecule is CC1CCCCC12NC(=O)N(CC(=O)NCC(N)C1CC1)C2=O.Cl. The van der Waals surface area contributed by atoms with Crippen LogP contribution in [0.15, 0.2) is 0 Å². The third-order valence-corrected chi connectivity index (χ3v) is 5.57. The van der Waals surface area contributed by atoms with Crippen molar-refractivity contribution in [3.63, 3.8) is 0 Å². The quantitative estimate of drug-likeness (QED) is 0.631. The number of hydrogen-bond acceptors (Lipinski definition) is 4. The normalized spacial score (nSPS) is 30.8. The number of hydrogen-bond donors (Lipinski definition) is 3. The maximum absolute atomic E-state index is 12.7. The smallest absolute Gasteiger partial charge is 0.325 e. The van der Waals surface area contributed by atoms with E-state index in [2.05, 4.69) is 10.6 Å². The van der Waals surface area contributed by atoms with Crippen LogP contribution in [0.1, 0.15) is 45.4 Å². The number of carbonyl (C=O) groups excluding carboxylic acids is 3. The molecule has 3 atom stereocenters. The lowest BCUT2D eigenvalue weighted by Crippen LogP contribution is -2.54. The fraction of sp³-hybridized carbons (Fsp3) is 0.812. The third kappa shape index (κ3) is 3.52. The van der Waals surface area contributed by atoms with E-state index in [4.69, 9.17) is 5.73 Å². The first-order chi connectivity index (χ1) is 10.9. The highest BCUT2D eigenvalue weighted by Crippen LogP contribution is 2.38. The Kier molecular flexibility index (Phi) is 5.75. The largest absolute Gasteiger partial charge is 0.353 e. The van der Waals surface area contributed by atoms with E-state index in [1.165, 1.54) is 0 Å². The van der Waals surface area contributed by atoms with Gasteiger partial charge >= 0.3 is 6.03 Å². The number of nitrogens with two attached hydrogens (primary N) is 1. The van der Waals surface area contributed by atoms with Crippen molar-refractivity contribution in [2.75, 3.05) is 13.1 Å². The van der Waals surface area contributed by atoms with Gasteiger partial charge in [-0.25, -0.2) is 4.79 Å². The fourth-order valence-electron chi connectivity index (χ4n) is 3.76. The Bertz CT molecular complexity index is 525. The minimum absolute atomic E-state index is 0. The van der Waals surface area contributed by atoms with Gasteiger partial charge in [0.15, 0.2) is 0 Å². The number of nitrogens with one attached hydrogen (secondary N) is 2. The molecule has 3 aliphatic rings. The van der Waals surface area contributed by atoms with Gasteiger partial charge in [0.1, 0.15) is 12.1 Å². The van der Waals surface area contributed by atoms with Crippen LogP contribution in [0.4, 0.5) is 4.79 Å². The van der Waals surface area contributed by atoms with Crippen molar-refractivity contribution < 1.29 is 14.4 Å². The Hall–Kier alpha value is -1.34. The number of carbonyl (C=O) groups is 3. The van der Waals surface area contributed by atoms with Crippen LogP contribution in [0, 0.1) is 11.8 Å². The third-order valence-electron chi connectivity index (χ3n) is 5.57. The summed E-state index contributed by atoms with van der Waals surface area (Å²) in [6, 6.07) is -0.489. The Balaban J connectivity index is 0.00000208. The summed E-state index contributed by atoms with van der Waals surface area (Å²) in [7, 11) is 0. The van der Waals surface area contributed by atoms with Gasteiger partial charge in [0.05, 0.1) is 0 Å². The first-order valence-electron chi connectivity index (χ1n) is 8.60. The number of imide groups is 1. The zero-order valence-corrected chi connectivity index (χ0v) is 14.9. The fourth-order valence-corrected chi connectivity index (χ4v) is 3.76. The van der Waals surface area contributed by atoms with Crippen LogP contribution in [0.2, 0.25) is 0 Å². The topological polar surface area (TPSA) is 105 Å². The Morgan fingerprint density at radius 2 is 2.08 bits per heavy atom. The maximum Gasteiger partial charge on any atom is 0.325 e. The van der Waals surface area contributed by atoms with Crippen LogP contribution in [-0.4, -0.2) is 47.4 Å². The summed E-state index contributed by atoms with van der Waals surface area (Å²) in [5.74, 6) is 0.0175. The lowest BCUT2D eigenvalue weighted by molar-refractivity contribution is -0.137. The summed E-state index contributed by atoms with van der Waals surface area (Å²) in [6.07, 6.45) is 5.80. The molecule has 0 aromatic rings. The molecular weight excluding hydrogens is 332 g/mol. The standard InChI is InChI=1S/C16H26N4O3.ClH/c1-10-4-2-3-7-16(10)14(22)20(15(23)19-16)9-13(21)18-8-12(17)11-5-6-11;/h10-12H,2-9,17H2,1H3,(H,18,21)(H,19,23);1H. The molecule has 2 aliphatic carbocycles. The van der Waals surface area contributed by atoms with Crippen LogP contribution in [0.5, 0.6) is 0 Å². The highest BCUT2D eigenvalue weighted by Gasteiger charge is 2.55. The van der Waals surface area contributed by atoms with Crippen molar-refractivity contribution in [3.05, 3.63) is 0 Å². The molecule has 1 heterocycles. The molecule has 4 N–H and O–H groups in total.